The van der Waals surface area contributed by atoms with E-state index in [0.29, 0.717) is 5.02 Å². The average Bonchev–Trinajstić information content (AvgIpc) is 2.39. The van der Waals surface area contributed by atoms with Crippen LogP contribution in [0.25, 0.3) is 22.3 Å². The van der Waals surface area contributed by atoms with Crippen LogP contribution in [-0.4, -0.2) is 9.97 Å². The molecular weight excluding hydrogens is 232 g/mol. The predicted octanol–water partition coefficient (Wildman–Crippen LogP) is 3.95. The Kier molecular flexibility index (Phi) is 2.50. The molecule has 1 heterocycles. The molecule has 82 valence electrons. The molecule has 0 spiro atoms. The third-order valence-electron chi connectivity index (χ3n) is 2.60. The molecule has 0 fully saturated rings. The molecule has 0 aliphatic rings. The molecule has 2 aromatic carbocycles. The number of hydrogen-bond donors (Lipinski definition) is 0. The summed E-state index contributed by atoms with van der Waals surface area (Å²) in [5.41, 5.74) is 3.48. The van der Waals surface area contributed by atoms with Gasteiger partial charge in [-0.3, -0.25) is 4.98 Å². The van der Waals surface area contributed by atoms with Crippen LogP contribution in [0.1, 0.15) is 0 Å². The van der Waals surface area contributed by atoms with Gasteiger partial charge in [0.05, 0.1) is 27.9 Å². The van der Waals surface area contributed by atoms with E-state index in [1.54, 1.807) is 6.20 Å². The maximum Gasteiger partial charge on any atom is 0.0907 e. The summed E-state index contributed by atoms with van der Waals surface area (Å²) in [6.45, 7) is 0. The van der Waals surface area contributed by atoms with E-state index in [4.69, 9.17) is 11.6 Å². The van der Waals surface area contributed by atoms with Crippen LogP contribution in [0, 0.1) is 0 Å². The zero-order valence-corrected chi connectivity index (χ0v) is 9.72. The molecule has 0 saturated carbocycles. The Morgan fingerprint density at radius 1 is 0.824 bits per heavy atom. The van der Waals surface area contributed by atoms with Crippen molar-refractivity contribution >= 4 is 22.6 Å². The third-order valence-corrected chi connectivity index (χ3v) is 2.93. The normalized spacial score (nSPS) is 10.6. The highest BCUT2D eigenvalue weighted by Gasteiger charge is 2.05. The second-order valence-electron chi connectivity index (χ2n) is 3.72. The van der Waals surface area contributed by atoms with E-state index in [2.05, 4.69) is 9.97 Å². The molecule has 2 nitrogen and oxygen atoms in total. The molecule has 0 unspecified atom stereocenters. The van der Waals surface area contributed by atoms with Gasteiger partial charge in [0.25, 0.3) is 0 Å². The monoisotopic (exact) mass is 240 g/mol. The fourth-order valence-corrected chi connectivity index (χ4v) is 1.99. The van der Waals surface area contributed by atoms with Gasteiger partial charge in [0.2, 0.25) is 0 Å². The summed E-state index contributed by atoms with van der Waals surface area (Å²) in [5, 5.41) is 0.692. The van der Waals surface area contributed by atoms with Gasteiger partial charge < -0.3 is 0 Å². The standard InChI is InChI=1S/C14H9ClN2/c15-11-6-2-1-5-10(11)14-9-16-12-7-3-4-8-13(12)17-14/h1-9H. The molecule has 1 aromatic heterocycles. The largest absolute Gasteiger partial charge is 0.252 e. The summed E-state index contributed by atoms with van der Waals surface area (Å²) < 4.78 is 0. The number of nitrogens with zero attached hydrogens (tertiary/aromatic N) is 2. The van der Waals surface area contributed by atoms with Gasteiger partial charge in [0, 0.05) is 5.56 Å². The van der Waals surface area contributed by atoms with Crippen LogP contribution in [0.15, 0.2) is 54.7 Å². The van der Waals surface area contributed by atoms with Gasteiger partial charge in [-0.25, -0.2) is 4.98 Å². The Labute approximate surface area is 104 Å². The molecule has 17 heavy (non-hydrogen) atoms. The molecule has 0 bridgehead atoms. The van der Waals surface area contributed by atoms with Crippen molar-refractivity contribution in [2.24, 2.45) is 0 Å². The minimum atomic E-state index is 0.692. The molecular formula is C14H9ClN2. The molecule has 0 atom stereocenters. The minimum Gasteiger partial charge on any atom is -0.252 e. The van der Waals surface area contributed by atoms with E-state index < -0.39 is 0 Å². The number of rotatable bonds is 1. The SMILES string of the molecule is Clc1ccccc1-c1cnc2ccccc2n1. The summed E-state index contributed by atoms with van der Waals surface area (Å²) in [7, 11) is 0. The van der Waals surface area contributed by atoms with Crippen molar-refractivity contribution in [2.75, 3.05) is 0 Å². The molecule has 0 N–H and O–H groups in total. The van der Waals surface area contributed by atoms with Crippen LogP contribution in [0.2, 0.25) is 5.02 Å². The van der Waals surface area contributed by atoms with Crippen LogP contribution in [0.3, 0.4) is 0 Å². The number of halogens is 1. The minimum absolute atomic E-state index is 0.692. The highest BCUT2D eigenvalue weighted by atomic mass is 35.5. The zero-order chi connectivity index (χ0) is 11.7. The van der Waals surface area contributed by atoms with E-state index in [1.165, 1.54) is 0 Å². The highest BCUT2D eigenvalue weighted by molar-refractivity contribution is 6.33. The predicted molar refractivity (Wildman–Crippen MR) is 70.0 cm³/mol. The summed E-state index contributed by atoms with van der Waals surface area (Å²) in [4.78, 5) is 8.94. The van der Waals surface area contributed by atoms with Crippen LogP contribution in [-0.2, 0) is 0 Å². The fraction of sp³-hybridized carbons (Fsp3) is 0. The van der Waals surface area contributed by atoms with Crippen molar-refractivity contribution in [1.29, 1.82) is 0 Å². The van der Waals surface area contributed by atoms with Crippen LogP contribution in [0.4, 0.5) is 0 Å². The molecule has 0 saturated heterocycles. The van der Waals surface area contributed by atoms with Crippen molar-refractivity contribution in [3.05, 3.63) is 59.8 Å². The smallest absolute Gasteiger partial charge is 0.0907 e. The van der Waals surface area contributed by atoms with Crippen molar-refractivity contribution in [3.8, 4) is 11.3 Å². The highest BCUT2D eigenvalue weighted by Crippen LogP contribution is 2.26. The topological polar surface area (TPSA) is 25.8 Å². The Bertz CT molecular complexity index is 680. The molecule has 0 aliphatic heterocycles. The fourth-order valence-electron chi connectivity index (χ4n) is 1.76. The number of para-hydroxylation sites is 2. The lowest BCUT2D eigenvalue weighted by molar-refractivity contribution is 1.29. The first-order chi connectivity index (χ1) is 8.34. The summed E-state index contributed by atoms with van der Waals surface area (Å²) >= 11 is 6.14. The van der Waals surface area contributed by atoms with Gasteiger partial charge in [-0.15, -0.1) is 0 Å². The number of benzene rings is 2. The van der Waals surface area contributed by atoms with Gasteiger partial charge in [-0.2, -0.15) is 0 Å². The van der Waals surface area contributed by atoms with Gasteiger partial charge in [0.15, 0.2) is 0 Å². The lowest BCUT2D eigenvalue weighted by Gasteiger charge is -2.04. The average molecular weight is 241 g/mol. The summed E-state index contributed by atoms with van der Waals surface area (Å²) in [6.07, 6.45) is 1.75. The maximum atomic E-state index is 6.14. The first kappa shape index (κ1) is 10.2. The summed E-state index contributed by atoms with van der Waals surface area (Å²) in [5.74, 6) is 0. The zero-order valence-electron chi connectivity index (χ0n) is 8.97. The van der Waals surface area contributed by atoms with Crippen LogP contribution in [0.5, 0.6) is 0 Å². The van der Waals surface area contributed by atoms with Crippen LogP contribution < -0.4 is 0 Å². The summed E-state index contributed by atoms with van der Waals surface area (Å²) in [6, 6.07) is 15.4. The molecule has 3 aromatic rings. The van der Waals surface area contributed by atoms with E-state index in [1.807, 2.05) is 48.5 Å². The van der Waals surface area contributed by atoms with Crippen molar-refractivity contribution in [2.45, 2.75) is 0 Å². The van der Waals surface area contributed by atoms with E-state index >= 15 is 0 Å². The molecule has 0 amide bonds. The maximum absolute atomic E-state index is 6.14. The van der Waals surface area contributed by atoms with E-state index in [0.717, 1.165) is 22.3 Å². The molecule has 3 heteroatoms. The van der Waals surface area contributed by atoms with E-state index in [9.17, 15) is 0 Å². The van der Waals surface area contributed by atoms with Gasteiger partial charge in [0.1, 0.15) is 0 Å². The number of aromatic nitrogens is 2. The molecule has 0 radical (unpaired) electrons. The Morgan fingerprint density at radius 3 is 2.35 bits per heavy atom. The quantitative estimate of drug-likeness (QED) is 0.644. The van der Waals surface area contributed by atoms with Crippen molar-refractivity contribution in [3.63, 3.8) is 0 Å². The first-order valence-corrected chi connectivity index (χ1v) is 5.69. The van der Waals surface area contributed by atoms with Crippen LogP contribution >= 0.6 is 11.6 Å². The number of hydrogen-bond acceptors (Lipinski definition) is 2. The van der Waals surface area contributed by atoms with Gasteiger partial charge >= 0.3 is 0 Å². The second kappa shape index (κ2) is 4.15. The Balaban J connectivity index is 2.22. The van der Waals surface area contributed by atoms with Crippen molar-refractivity contribution < 1.29 is 0 Å². The second-order valence-corrected chi connectivity index (χ2v) is 4.13. The molecule has 0 aliphatic carbocycles. The van der Waals surface area contributed by atoms with Crippen molar-refractivity contribution in [1.82, 2.24) is 9.97 Å². The van der Waals surface area contributed by atoms with Gasteiger partial charge in [-0.05, 0) is 18.2 Å². The number of fused-ring (bicyclic) bond motifs is 1. The Hall–Kier alpha value is -1.93. The Morgan fingerprint density at radius 2 is 1.53 bits per heavy atom. The lowest BCUT2D eigenvalue weighted by Crippen LogP contribution is -1.88. The first-order valence-electron chi connectivity index (χ1n) is 5.31. The lowest BCUT2D eigenvalue weighted by atomic mass is 10.1. The third kappa shape index (κ3) is 1.87. The van der Waals surface area contributed by atoms with E-state index in [-0.39, 0.29) is 0 Å². The van der Waals surface area contributed by atoms with Gasteiger partial charge in [-0.1, -0.05) is 41.9 Å². The molecule has 3 rings (SSSR count).